The van der Waals surface area contributed by atoms with Crippen LogP contribution in [0.25, 0.3) is 22.3 Å². The molecule has 0 unspecified atom stereocenters. The van der Waals surface area contributed by atoms with Crippen molar-refractivity contribution in [3.05, 3.63) is 59.9 Å². The summed E-state index contributed by atoms with van der Waals surface area (Å²) in [5, 5.41) is 10.9. The summed E-state index contributed by atoms with van der Waals surface area (Å²) < 4.78 is 26.2. The maximum Gasteiger partial charge on any atom is 0.256 e. The molecule has 0 radical (unpaired) electrons. The average Bonchev–Trinajstić information content (AvgIpc) is 3.36. The summed E-state index contributed by atoms with van der Waals surface area (Å²) in [5.41, 5.74) is 2.90. The first-order chi connectivity index (χ1) is 14.5. The zero-order valence-electron chi connectivity index (χ0n) is 16.8. The molecule has 154 valence electrons. The number of carbonyl (C=O) groups is 1. The summed E-state index contributed by atoms with van der Waals surface area (Å²) in [7, 11) is 3.01. The fourth-order valence-corrected chi connectivity index (χ4v) is 3.44. The minimum Gasteiger partial charge on any atom is -0.497 e. The largest absolute Gasteiger partial charge is 0.497 e. The third-order valence-electron chi connectivity index (χ3n) is 4.94. The number of ether oxygens (including phenoxy) is 2. The number of amides is 1. The molecule has 0 atom stereocenters. The van der Waals surface area contributed by atoms with Gasteiger partial charge in [-0.05, 0) is 43.3 Å². The number of aromatic nitrogens is 3. The van der Waals surface area contributed by atoms with Crippen molar-refractivity contribution in [2.75, 3.05) is 19.5 Å². The Bertz CT molecular complexity index is 1230. The van der Waals surface area contributed by atoms with Crippen LogP contribution in [0.4, 0.5) is 10.2 Å². The highest BCUT2D eigenvalue weighted by molar-refractivity contribution is 6.04. The molecule has 0 aliphatic rings. The maximum absolute atomic E-state index is 13.9. The van der Waals surface area contributed by atoms with Crippen LogP contribution in [0.2, 0.25) is 0 Å². The van der Waals surface area contributed by atoms with E-state index in [1.165, 1.54) is 19.2 Å². The van der Waals surface area contributed by atoms with Gasteiger partial charge in [-0.1, -0.05) is 0 Å². The number of hydrogen-bond acceptors (Lipinski definition) is 4. The number of anilines is 1. The van der Waals surface area contributed by atoms with E-state index in [0.717, 1.165) is 40.7 Å². The van der Waals surface area contributed by atoms with Gasteiger partial charge in [0.2, 0.25) is 0 Å². The molecule has 0 aliphatic carbocycles. The second-order valence-electron chi connectivity index (χ2n) is 6.67. The molecule has 2 aromatic carbocycles. The molecular formula is C22H21FN4O3. The summed E-state index contributed by atoms with van der Waals surface area (Å²) in [4.78, 5) is 12.5. The molecule has 7 nitrogen and oxygen atoms in total. The molecule has 30 heavy (non-hydrogen) atoms. The second kappa shape index (κ2) is 7.90. The molecule has 4 rings (SSSR count). The van der Waals surface area contributed by atoms with Crippen LogP contribution >= 0.6 is 0 Å². The van der Waals surface area contributed by atoms with Crippen molar-refractivity contribution in [2.45, 2.75) is 13.5 Å². The van der Waals surface area contributed by atoms with E-state index in [2.05, 4.69) is 33.1 Å². The molecule has 0 saturated carbocycles. The molecule has 0 spiro atoms. The Morgan fingerprint density at radius 1 is 1.13 bits per heavy atom. The van der Waals surface area contributed by atoms with Gasteiger partial charge < -0.3 is 19.4 Å². The lowest BCUT2D eigenvalue weighted by Crippen LogP contribution is -2.12. The molecule has 2 N–H and O–H groups in total. The van der Waals surface area contributed by atoms with Crippen molar-refractivity contribution < 1.29 is 18.7 Å². The Morgan fingerprint density at radius 2 is 1.97 bits per heavy atom. The van der Waals surface area contributed by atoms with E-state index in [9.17, 15) is 9.18 Å². The van der Waals surface area contributed by atoms with Gasteiger partial charge in [-0.25, -0.2) is 4.39 Å². The lowest BCUT2D eigenvalue weighted by molar-refractivity contribution is 0.102. The van der Waals surface area contributed by atoms with Gasteiger partial charge in [0.1, 0.15) is 5.75 Å². The Hall–Kier alpha value is -3.81. The van der Waals surface area contributed by atoms with E-state index in [0.29, 0.717) is 5.82 Å². The summed E-state index contributed by atoms with van der Waals surface area (Å²) in [6, 6.07) is 13.7. The third kappa shape index (κ3) is 3.47. The van der Waals surface area contributed by atoms with Gasteiger partial charge in [-0.2, -0.15) is 5.10 Å². The number of fused-ring (bicyclic) bond motifs is 1. The maximum atomic E-state index is 13.9. The van der Waals surface area contributed by atoms with Gasteiger partial charge in [0.05, 0.1) is 31.1 Å². The standard InChI is InChI=1S/C22H21FN4O3/c1-4-27-18-11-15(29-2)7-5-13(18)10-19(27)17-12-21(26-25-17)24-22(28)14-6-8-20(30-3)16(23)9-14/h5-12H,4H2,1-3H3,(H2,24,25,26,28). The number of methoxy groups -OCH3 is 2. The minimum atomic E-state index is -0.601. The number of aryl methyl sites for hydroxylation is 1. The van der Waals surface area contributed by atoms with Crippen molar-refractivity contribution in [3.8, 4) is 22.9 Å². The van der Waals surface area contributed by atoms with E-state index < -0.39 is 11.7 Å². The van der Waals surface area contributed by atoms with Crippen LogP contribution in [0.3, 0.4) is 0 Å². The number of hydrogen-bond donors (Lipinski definition) is 2. The fraction of sp³-hybridized carbons (Fsp3) is 0.182. The Balaban J connectivity index is 1.61. The highest BCUT2D eigenvalue weighted by Crippen LogP contribution is 2.30. The highest BCUT2D eigenvalue weighted by atomic mass is 19.1. The molecule has 2 heterocycles. The van der Waals surface area contributed by atoms with Crippen LogP contribution in [0.1, 0.15) is 17.3 Å². The number of nitrogens with zero attached hydrogens (tertiary/aromatic N) is 2. The first-order valence-electron chi connectivity index (χ1n) is 9.42. The van der Waals surface area contributed by atoms with Crippen LogP contribution in [-0.4, -0.2) is 34.9 Å². The number of H-pyrrole nitrogens is 1. The molecule has 0 fully saturated rings. The molecular weight excluding hydrogens is 387 g/mol. The lowest BCUT2D eigenvalue weighted by atomic mass is 10.2. The number of carbonyl (C=O) groups excluding carboxylic acids is 1. The highest BCUT2D eigenvalue weighted by Gasteiger charge is 2.15. The Labute approximate surface area is 172 Å². The molecule has 0 saturated heterocycles. The van der Waals surface area contributed by atoms with Crippen LogP contribution in [0, 0.1) is 5.82 Å². The quantitative estimate of drug-likeness (QED) is 0.494. The molecule has 8 heteroatoms. The number of nitrogens with one attached hydrogen (secondary N) is 2. The predicted octanol–water partition coefficient (Wildman–Crippen LogP) is 4.46. The van der Waals surface area contributed by atoms with Gasteiger partial charge >= 0.3 is 0 Å². The van der Waals surface area contributed by atoms with Gasteiger partial charge in [0.15, 0.2) is 17.4 Å². The van der Waals surface area contributed by atoms with E-state index in [-0.39, 0.29) is 11.3 Å². The number of halogens is 1. The van der Waals surface area contributed by atoms with E-state index in [1.807, 2.05) is 18.2 Å². The SMILES string of the molecule is CCn1c(-c2cc(NC(=O)c3ccc(OC)c(F)c3)n[nH]2)cc2ccc(OC)cc21. The summed E-state index contributed by atoms with van der Waals surface area (Å²) in [6.45, 7) is 2.80. The number of aromatic amines is 1. The van der Waals surface area contributed by atoms with Crippen LogP contribution in [0.15, 0.2) is 48.5 Å². The average molecular weight is 408 g/mol. The number of rotatable bonds is 6. The Kier molecular flexibility index (Phi) is 5.14. The zero-order chi connectivity index (χ0) is 21.3. The van der Waals surface area contributed by atoms with E-state index in [1.54, 1.807) is 13.2 Å². The number of benzene rings is 2. The smallest absolute Gasteiger partial charge is 0.256 e. The summed E-state index contributed by atoms with van der Waals surface area (Å²) in [5.74, 6) is 0.145. The molecule has 1 amide bonds. The summed E-state index contributed by atoms with van der Waals surface area (Å²) in [6.07, 6.45) is 0. The first-order valence-corrected chi connectivity index (χ1v) is 9.42. The van der Waals surface area contributed by atoms with E-state index >= 15 is 0 Å². The third-order valence-corrected chi connectivity index (χ3v) is 4.94. The monoisotopic (exact) mass is 408 g/mol. The van der Waals surface area contributed by atoms with Crippen molar-refractivity contribution in [1.29, 1.82) is 0 Å². The first kappa shape index (κ1) is 19.5. The topological polar surface area (TPSA) is 81.2 Å². The van der Waals surface area contributed by atoms with Crippen LogP contribution in [-0.2, 0) is 6.54 Å². The van der Waals surface area contributed by atoms with Gasteiger partial charge in [0, 0.05) is 29.6 Å². The van der Waals surface area contributed by atoms with Gasteiger partial charge in [-0.3, -0.25) is 9.89 Å². The van der Waals surface area contributed by atoms with Gasteiger partial charge in [-0.15, -0.1) is 0 Å². The minimum absolute atomic E-state index is 0.0811. The fourth-order valence-electron chi connectivity index (χ4n) is 3.44. The molecule has 0 aliphatic heterocycles. The van der Waals surface area contributed by atoms with Crippen molar-refractivity contribution in [1.82, 2.24) is 14.8 Å². The van der Waals surface area contributed by atoms with Crippen molar-refractivity contribution >= 4 is 22.6 Å². The second-order valence-corrected chi connectivity index (χ2v) is 6.67. The lowest BCUT2D eigenvalue weighted by Gasteiger charge is -2.07. The van der Waals surface area contributed by atoms with Crippen molar-refractivity contribution in [2.24, 2.45) is 0 Å². The zero-order valence-corrected chi connectivity index (χ0v) is 16.8. The normalized spacial score (nSPS) is 10.9. The molecule has 4 aromatic rings. The molecule has 2 aromatic heterocycles. The van der Waals surface area contributed by atoms with E-state index in [4.69, 9.17) is 9.47 Å². The predicted molar refractivity (Wildman–Crippen MR) is 113 cm³/mol. The summed E-state index contributed by atoms with van der Waals surface area (Å²) >= 11 is 0. The van der Waals surface area contributed by atoms with Crippen LogP contribution in [0.5, 0.6) is 11.5 Å². The molecule has 0 bridgehead atoms. The van der Waals surface area contributed by atoms with Crippen LogP contribution < -0.4 is 14.8 Å². The van der Waals surface area contributed by atoms with Crippen molar-refractivity contribution in [3.63, 3.8) is 0 Å². The Morgan fingerprint density at radius 3 is 2.67 bits per heavy atom. The van der Waals surface area contributed by atoms with Gasteiger partial charge in [0.25, 0.3) is 5.91 Å².